The summed E-state index contributed by atoms with van der Waals surface area (Å²) in [4.78, 5) is 25.7. The van der Waals surface area contributed by atoms with E-state index in [9.17, 15) is 14.7 Å². The van der Waals surface area contributed by atoms with E-state index < -0.39 is 6.09 Å². The van der Waals surface area contributed by atoms with Gasteiger partial charge in [0, 0.05) is 44.9 Å². The highest BCUT2D eigenvalue weighted by Crippen LogP contribution is 2.39. The van der Waals surface area contributed by atoms with Crippen molar-refractivity contribution in [2.45, 2.75) is 40.3 Å². The summed E-state index contributed by atoms with van der Waals surface area (Å²) in [5.41, 5.74) is 1.02. The molecule has 2 heterocycles. The van der Waals surface area contributed by atoms with E-state index in [1.165, 1.54) is 4.90 Å². The van der Waals surface area contributed by atoms with Crippen molar-refractivity contribution < 1.29 is 24.2 Å². The number of carbonyl (C=O) groups is 2. The van der Waals surface area contributed by atoms with Crippen molar-refractivity contribution in [1.82, 2.24) is 20.0 Å². The molecule has 31 heavy (non-hydrogen) atoms. The zero-order valence-corrected chi connectivity index (χ0v) is 18.8. The first-order chi connectivity index (χ1) is 14.7. The molecule has 2 atom stereocenters. The largest absolute Gasteiger partial charge is 0.492 e. The Morgan fingerprint density at radius 2 is 2.06 bits per heavy atom. The van der Waals surface area contributed by atoms with Gasteiger partial charge >= 0.3 is 6.09 Å². The molecule has 1 aromatic carbocycles. The van der Waals surface area contributed by atoms with Gasteiger partial charge in [0.1, 0.15) is 5.75 Å². The van der Waals surface area contributed by atoms with Crippen LogP contribution in [0.25, 0.3) is 10.9 Å². The van der Waals surface area contributed by atoms with Gasteiger partial charge in [0.25, 0.3) is 5.91 Å². The molecule has 9 heteroatoms. The SMILES string of the molecule is CCOc1c(C(=O)NCCOC)ccc2nn(CC3CN(C(=O)O)C3C(C)(C)C)cc12. The molecule has 9 nitrogen and oxygen atoms in total. The molecule has 3 rings (SSSR count). The number of hydrogen-bond acceptors (Lipinski definition) is 5. The fourth-order valence-corrected chi connectivity index (χ4v) is 4.40. The summed E-state index contributed by atoms with van der Waals surface area (Å²) in [7, 11) is 1.58. The highest BCUT2D eigenvalue weighted by molar-refractivity contribution is 6.03. The zero-order chi connectivity index (χ0) is 22.8. The predicted molar refractivity (Wildman–Crippen MR) is 117 cm³/mol. The Kier molecular flexibility index (Phi) is 6.74. The number of ether oxygens (including phenoxy) is 2. The van der Waals surface area contributed by atoms with Crippen LogP contribution in [-0.4, -0.2) is 71.2 Å². The second-order valence-corrected chi connectivity index (χ2v) is 8.91. The third-order valence-corrected chi connectivity index (χ3v) is 5.58. The lowest BCUT2D eigenvalue weighted by Crippen LogP contribution is -2.64. The Morgan fingerprint density at radius 1 is 1.32 bits per heavy atom. The first-order valence-electron chi connectivity index (χ1n) is 10.6. The number of hydrogen-bond donors (Lipinski definition) is 2. The van der Waals surface area contributed by atoms with Gasteiger partial charge in [0.05, 0.1) is 29.7 Å². The van der Waals surface area contributed by atoms with Gasteiger partial charge in [-0.3, -0.25) is 9.48 Å². The Bertz CT molecular complexity index is 949. The van der Waals surface area contributed by atoms with E-state index in [1.54, 1.807) is 13.2 Å². The van der Waals surface area contributed by atoms with Crippen molar-refractivity contribution >= 4 is 22.9 Å². The van der Waals surface area contributed by atoms with Crippen molar-refractivity contribution in [2.75, 3.05) is 33.4 Å². The van der Waals surface area contributed by atoms with Gasteiger partial charge in [-0.2, -0.15) is 5.10 Å². The quantitative estimate of drug-likeness (QED) is 0.622. The maximum absolute atomic E-state index is 12.6. The maximum atomic E-state index is 12.6. The lowest BCUT2D eigenvalue weighted by Gasteiger charge is -2.52. The van der Waals surface area contributed by atoms with E-state index in [-0.39, 0.29) is 23.3 Å². The van der Waals surface area contributed by atoms with E-state index in [4.69, 9.17) is 9.47 Å². The molecule has 1 aliphatic rings. The number of amides is 2. The summed E-state index contributed by atoms with van der Waals surface area (Å²) in [6.07, 6.45) is 1.000. The number of carbonyl (C=O) groups excluding carboxylic acids is 1. The molecular formula is C22H32N4O5. The molecule has 2 aromatic rings. The topological polar surface area (TPSA) is 106 Å². The van der Waals surface area contributed by atoms with Crippen LogP contribution in [0.2, 0.25) is 0 Å². The number of carboxylic acid groups (broad SMARTS) is 1. The minimum Gasteiger partial charge on any atom is -0.492 e. The first kappa shape index (κ1) is 22.9. The molecule has 170 valence electrons. The molecule has 0 saturated carbocycles. The zero-order valence-electron chi connectivity index (χ0n) is 18.8. The molecule has 2 N–H and O–H groups in total. The summed E-state index contributed by atoms with van der Waals surface area (Å²) < 4.78 is 12.7. The number of benzene rings is 1. The third-order valence-electron chi connectivity index (χ3n) is 5.58. The molecule has 1 fully saturated rings. The van der Waals surface area contributed by atoms with Crippen molar-refractivity contribution in [3.05, 3.63) is 23.9 Å². The molecule has 1 aliphatic heterocycles. The molecular weight excluding hydrogens is 400 g/mol. The van der Waals surface area contributed by atoms with E-state index in [2.05, 4.69) is 31.2 Å². The van der Waals surface area contributed by atoms with Gasteiger partial charge in [-0.25, -0.2) is 4.79 Å². The normalized spacial score (nSPS) is 18.7. The summed E-state index contributed by atoms with van der Waals surface area (Å²) in [5, 5.41) is 17.7. The highest BCUT2D eigenvalue weighted by Gasteiger charge is 2.48. The van der Waals surface area contributed by atoms with Gasteiger partial charge in [-0.1, -0.05) is 20.8 Å². The van der Waals surface area contributed by atoms with Crippen LogP contribution in [0.3, 0.4) is 0 Å². The molecule has 2 unspecified atom stereocenters. The van der Waals surface area contributed by atoms with Crippen LogP contribution in [0.1, 0.15) is 38.1 Å². The molecule has 0 aliphatic carbocycles. The van der Waals surface area contributed by atoms with Crippen LogP contribution in [0.5, 0.6) is 5.75 Å². The van der Waals surface area contributed by atoms with Crippen LogP contribution in [0.15, 0.2) is 18.3 Å². The van der Waals surface area contributed by atoms with E-state index in [1.807, 2.05) is 23.9 Å². The minimum atomic E-state index is -0.885. The van der Waals surface area contributed by atoms with Gasteiger partial charge in [0.15, 0.2) is 0 Å². The maximum Gasteiger partial charge on any atom is 0.407 e. The monoisotopic (exact) mass is 432 g/mol. The molecule has 0 radical (unpaired) electrons. The highest BCUT2D eigenvalue weighted by atomic mass is 16.5. The van der Waals surface area contributed by atoms with E-state index in [0.717, 1.165) is 10.9 Å². The molecule has 1 saturated heterocycles. The number of methoxy groups -OCH3 is 1. The van der Waals surface area contributed by atoms with E-state index >= 15 is 0 Å². The lowest BCUT2D eigenvalue weighted by atomic mass is 9.72. The molecule has 0 spiro atoms. The fraction of sp³-hybridized carbons (Fsp3) is 0.591. The van der Waals surface area contributed by atoms with Crippen LogP contribution in [0.4, 0.5) is 4.79 Å². The number of likely N-dealkylation sites (tertiary alicyclic amines) is 1. The Hall–Kier alpha value is -2.81. The van der Waals surface area contributed by atoms with Crippen LogP contribution < -0.4 is 10.1 Å². The van der Waals surface area contributed by atoms with Crippen molar-refractivity contribution in [2.24, 2.45) is 11.3 Å². The third kappa shape index (κ3) is 4.76. The number of fused-ring (bicyclic) bond motifs is 1. The second kappa shape index (κ2) is 9.13. The van der Waals surface area contributed by atoms with Gasteiger partial charge < -0.3 is 24.8 Å². The predicted octanol–water partition coefficient (Wildman–Crippen LogP) is 2.84. The van der Waals surface area contributed by atoms with E-state index in [0.29, 0.717) is 44.2 Å². The average Bonchev–Trinajstić information content (AvgIpc) is 3.06. The summed E-state index contributed by atoms with van der Waals surface area (Å²) in [6, 6.07) is 3.46. The number of rotatable bonds is 8. The summed E-state index contributed by atoms with van der Waals surface area (Å²) in [5.74, 6) is 0.450. The average molecular weight is 433 g/mol. The van der Waals surface area contributed by atoms with Crippen LogP contribution in [0, 0.1) is 11.3 Å². The molecule has 0 bridgehead atoms. The molecule has 1 aromatic heterocycles. The van der Waals surface area contributed by atoms with Crippen LogP contribution in [-0.2, 0) is 11.3 Å². The number of nitrogens with zero attached hydrogens (tertiary/aromatic N) is 3. The van der Waals surface area contributed by atoms with Crippen molar-refractivity contribution in [3.63, 3.8) is 0 Å². The second-order valence-electron chi connectivity index (χ2n) is 8.91. The number of nitrogens with one attached hydrogen (secondary N) is 1. The standard InChI is InChI=1S/C22H32N4O5/c1-6-31-18-15(20(27)23-9-10-30-5)7-8-17-16(18)13-25(24-17)11-14-12-26(21(28)29)19(14)22(2,3)4/h7-8,13-14,19H,6,9-12H2,1-5H3,(H,23,27)(H,28,29). The lowest BCUT2D eigenvalue weighted by molar-refractivity contribution is -0.0424. The van der Waals surface area contributed by atoms with Crippen molar-refractivity contribution in [1.29, 1.82) is 0 Å². The van der Waals surface area contributed by atoms with Gasteiger partial charge in [-0.05, 0) is 24.5 Å². The Balaban J connectivity index is 1.86. The van der Waals surface area contributed by atoms with Crippen molar-refractivity contribution in [3.8, 4) is 5.75 Å². The fourth-order valence-electron chi connectivity index (χ4n) is 4.40. The molecule has 2 amide bonds. The Morgan fingerprint density at radius 3 is 2.68 bits per heavy atom. The minimum absolute atomic E-state index is 0.0780. The Labute approximate surface area is 182 Å². The summed E-state index contributed by atoms with van der Waals surface area (Å²) in [6.45, 7) is 10.4. The van der Waals surface area contributed by atoms with Gasteiger partial charge in [0.2, 0.25) is 0 Å². The van der Waals surface area contributed by atoms with Crippen LogP contribution >= 0.6 is 0 Å². The smallest absolute Gasteiger partial charge is 0.407 e. The first-order valence-corrected chi connectivity index (χ1v) is 10.6. The van der Waals surface area contributed by atoms with Gasteiger partial charge in [-0.15, -0.1) is 0 Å². The summed E-state index contributed by atoms with van der Waals surface area (Å²) >= 11 is 0. The number of aromatic nitrogens is 2.